The summed E-state index contributed by atoms with van der Waals surface area (Å²) in [6.45, 7) is 0. The van der Waals surface area contributed by atoms with Crippen molar-refractivity contribution in [2.24, 2.45) is 11.8 Å². The molecule has 1 aliphatic carbocycles. The van der Waals surface area contributed by atoms with Gasteiger partial charge in [0.25, 0.3) is 0 Å². The molecule has 3 atom stereocenters. The number of hydrogen-bond donors (Lipinski definition) is 1. The number of aliphatic hydroxyl groups is 1. The van der Waals surface area contributed by atoms with E-state index in [1.807, 2.05) is 0 Å². The van der Waals surface area contributed by atoms with Gasteiger partial charge in [0.15, 0.2) is 0 Å². The Morgan fingerprint density at radius 3 is 2.00 bits per heavy atom. The summed E-state index contributed by atoms with van der Waals surface area (Å²) in [4.78, 5) is 0. The minimum absolute atomic E-state index is 0.0530. The number of halogens is 7. The molecular formula is C11H14F6IO-. The molecule has 0 radical (unpaired) electrons. The molecule has 1 saturated heterocycles. The second-order valence-electron chi connectivity index (χ2n) is 5.18. The van der Waals surface area contributed by atoms with E-state index in [9.17, 15) is 31.4 Å². The van der Waals surface area contributed by atoms with E-state index in [2.05, 4.69) is 0 Å². The summed E-state index contributed by atoms with van der Waals surface area (Å²) in [5.41, 5.74) is -4.55. The maximum atomic E-state index is 12.8. The average molecular weight is 403 g/mol. The van der Waals surface area contributed by atoms with Crippen molar-refractivity contribution in [3.8, 4) is 0 Å². The Kier molecular flexibility index (Phi) is 4.06. The van der Waals surface area contributed by atoms with Gasteiger partial charge in [0.05, 0.1) is 0 Å². The van der Waals surface area contributed by atoms with Crippen molar-refractivity contribution in [1.29, 1.82) is 0 Å². The van der Waals surface area contributed by atoms with Crippen LogP contribution >= 0.6 is 0 Å². The number of hydrogen-bond acceptors (Lipinski definition) is 1. The van der Waals surface area contributed by atoms with Crippen LogP contribution in [0.3, 0.4) is 0 Å². The molecular weight excluding hydrogens is 389 g/mol. The van der Waals surface area contributed by atoms with E-state index >= 15 is 0 Å². The quantitative estimate of drug-likeness (QED) is 0.375. The molecule has 1 N–H and O–H groups in total. The Labute approximate surface area is 117 Å². The van der Waals surface area contributed by atoms with Crippen molar-refractivity contribution in [2.75, 3.05) is 4.43 Å². The van der Waals surface area contributed by atoms with Gasteiger partial charge >= 0.3 is 116 Å². The van der Waals surface area contributed by atoms with Crippen molar-refractivity contribution in [1.82, 2.24) is 0 Å². The standard InChI is InChI=1S/C11H14F6IO/c12-10(13,14)9(19,11(15,16)17)7-1-2-8-6(5-7)3-4-18-8/h6-8,19H,1-5H2/q-1. The molecule has 2 fully saturated rings. The van der Waals surface area contributed by atoms with Gasteiger partial charge < -0.3 is 0 Å². The van der Waals surface area contributed by atoms with Crippen molar-refractivity contribution >= 4 is 0 Å². The molecule has 1 aliphatic heterocycles. The zero-order valence-corrected chi connectivity index (χ0v) is 12.0. The van der Waals surface area contributed by atoms with E-state index in [0.29, 0.717) is 10.3 Å². The first kappa shape index (κ1) is 15.7. The molecule has 8 heteroatoms. The van der Waals surface area contributed by atoms with E-state index < -0.39 is 23.9 Å². The van der Waals surface area contributed by atoms with Crippen LogP contribution in [0.4, 0.5) is 26.3 Å². The predicted octanol–water partition coefficient (Wildman–Crippen LogP) is 0.120. The second kappa shape index (κ2) is 4.92. The van der Waals surface area contributed by atoms with Crippen LogP contribution in [0.1, 0.15) is 25.7 Å². The van der Waals surface area contributed by atoms with Crippen molar-refractivity contribution in [3.63, 3.8) is 0 Å². The van der Waals surface area contributed by atoms with Gasteiger partial charge in [0, 0.05) is 0 Å². The van der Waals surface area contributed by atoms with Crippen LogP contribution in [0.2, 0.25) is 0 Å². The Balaban J connectivity index is 2.25. The van der Waals surface area contributed by atoms with Crippen LogP contribution < -0.4 is 21.2 Å². The van der Waals surface area contributed by atoms with Crippen molar-refractivity contribution in [2.45, 2.75) is 47.6 Å². The maximum absolute atomic E-state index is 12.8. The van der Waals surface area contributed by atoms with Crippen molar-refractivity contribution < 1.29 is 52.7 Å². The number of rotatable bonds is 1. The van der Waals surface area contributed by atoms with Gasteiger partial charge in [-0.15, -0.1) is 0 Å². The summed E-state index contributed by atoms with van der Waals surface area (Å²) < 4.78 is 77.9. The molecule has 1 saturated carbocycles. The van der Waals surface area contributed by atoms with Crippen LogP contribution in [-0.4, -0.2) is 31.4 Å². The Hall–Kier alpha value is 0.270. The van der Waals surface area contributed by atoms with Crippen LogP contribution in [-0.2, 0) is 0 Å². The first-order chi connectivity index (χ1) is 8.57. The van der Waals surface area contributed by atoms with Gasteiger partial charge in [-0.3, -0.25) is 0 Å². The minimum atomic E-state index is -5.67. The van der Waals surface area contributed by atoms with E-state index in [-0.39, 0.29) is 40.0 Å². The molecule has 0 aromatic carbocycles. The molecule has 1 nitrogen and oxygen atoms in total. The first-order valence-electron chi connectivity index (χ1n) is 6.01. The van der Waals surface area contributed by atoms with E-state index in [4.69, 9.17) is 0 Å². The molecule has 0 amide bonds. The van der Waals surface area contributed by atoms with Gasteiger partial charge in [-0.25, -0.2) is 0 Å². The SMILES string of the molecule is OC(C1CCC2[I-]CCC2C1)(C(F)(F)F)C(F)(F)F. The normalized spacial score (nSPS) is 33.7. The van der Waals surface area contributed by atoms with Gasteiger partial charge in [-0.1, -0.05) is 0 Å². The molecule has 0 spiro atoms. The Bertz CT molecular complexity index is 325. The molecule has 1 heterocycles. The summed E-state index contributed by atoms with van der Waals surface area (Å²) in [6.07, 6.45) is -10.6. The van der Waals surface area contributed by atoms with Crippen LogP contribution in [0.25, 0.3) is 0 Å². The van der Waals surface area contributed by atoms with Gasteiger partial charge in [-0.2, -0.15) is 0 Å². The van der Waals surface area contributed by atoms with Gasteiger partial charge in [0.1, 0.15) is 0 Å². The molecule has 19 heavy (non-hydrogen) atoms. The number of alkyl halides is 8. The Morgan fingerprint density at radius 2 is 1.47 bits per heavy atom. The molecule has 114 valence electrons. The summed E-state index contributed by atoms with van der Waals surface area (Å²) in [5.74, 6) is -1.81. The molecule has 0 aromatic heterocycles. The van der Waals surface area contributed by atoms with E-state index in [1.165, 1.54) is 0 Å². The molecule has 2 aliphatic rings. The molecule has 3 unspecified atom stereocenters. The Morgan fingerprint density at radius 1 is 0.895 bits per heavy atom. The summed E-state index contributed by atoms with van der Waals surface area (Å²) >= 11 is -0.0769. The summed E-state index contributed by atoms with van der Waals surface area (Å²) in [5, 5.41) is 9.39. The molecule has 2 rings (SSSR count). The topological polar surface area (TPSA) is 20.2 Å². The molecule has 0 aromatic rings. The zero-order chi connectivity index (χ0) is 14.5. The second-order valence-corrected chi connectivity index (χ2v) is 8.74. The van der Waals surface area contributed by atoms with Gasteiger partial charge in [-0.05, 0) is 0 Å². The first-order valence-corrected chi connectivity index (χ1v) is 8.78. The predicted molar refractivity (Wildman–Crippen MR) is 51.2 cm³/mol. The monoisotopic (exact) mass is 403 g/mol. The third kappa shape index (κ3) is 2.58. The third-order valence-electron chi connectivity index (χ3n) is 4.13. The molecule has 0 bridgehead atoms. The fourth-order valence-electron chi connectivity index (χ4n) is 3.08. The fraction of sp³-hybridized carbons (Fsp3) is 1.00. The third-order valence-corrected chi connectivity index (χ3v) is 8.15. The van der Waals surface area contributed by atoms with E-state index in [1.54, 1.807) is 0 Å². The van der Waals surface area contributed by atoms with Crippen LogP contribution in [0, 0.1) is 11.8 Å². The van der Waals surface area contributed by atoms with Gasteiger partial charge in [0.2, 0.25) is 0 Å². The van der Waals surface area contributed by atoms with Crippen LogP contribution in [0.5, 0.6) is 0 Å². The van der Waals surface area contributed by atoms with E-state index in [0.717, 1.165) is 10.8 Å². The van der Waals surface area contributed by atoms with Crippen molar-refractivity contribution in [3.05, 3.63) is 0 Å². The summed E-state index contributed by atoms with van der Waals surface area (Å²) in [7, 11) is 0. The number of fused-ring (bicyclic) bond motifs is 1. The summed E-state index contributed by atoms with van der Waals surface area (Å²) in [6, 6.07) is 0. The average Bonchev–Trinajstić information content (AvgIpc) is 2.71. The zero-order valence-electron chi connectivity index (χ0n) is 9.86. The van der Waals surface area contributed by atoms with Crippen LogP contribution in [0.15, 0.2) is 0 Å². The fourth-order valence-corrected chi connectivity index (χ4v) is 7.21.